The predicted octanol–water partition coefficient (Wildman–Crippen LogP) is 4.09. The molecule has 0 fully saturated rings. The highest BCUT2D eigenvalue weighted by atomic mass is 127. The van der Waals surface area contributed by atoms with Crippen molar-refractivity contribution in [2.45, 2.75) is 39.0 Å². The first-order valence-electron chi connectivity index (χ1n) is 8.30. The summed E-state index contributed by atoms with van der Waals surface area (Å²) in [6.07, 6.45) is -2.99. The molecule has 28 heavy (non-hydrogen) atoms. The van der Waals surface area contributed by atoms with E-state index in [1.54, 1.807) is 24.5 Å². The molecule has 0 saturated carbocycles. The molecule has 0 aliphatic carbocycles. The van der Waals surface area contributed by atoms with Crippen LogP contribution in [-0.2, 0) is 13.1 Å². The molecule has 0 unspecified atom stereocenters. The third kappa shape index (κ3) is 8.59. The van der Waals surface area contributed by atoms with E-state index in [1.807, 2.05) is 5.38 Å². The Labute approximate surface area is 183 Å². The van der Waals surface area contributed by atoms with Crippen molar-refractivity contribution in [2.24, 2.45) is 4.99 Å². The Morgan fingerprint density at radius 2 is 2.00 bits per heavy atom. The Kier molecular flexibility index (Phi) is 9.93. The van der Waals surface area contributed by atoms with Gasteiger partial charge >= 0.3 is 6.18 Å². The van der Waals surface area contributed by atoms with Gasteiger partial charge in [-0.1, -0.05) is 13.8 Å². The van der Waals surface area contributed by atoms with Crippen LogP contribution in [0.1, 0.15) is 36.0 Å². The minimum atomic E-state index is -4.40. The fourth-order valence-electron chi connectivity index (χ4n) is 2.03. The number of hydrogen-bond acceptors (Lipinski definition) is 5. The van der Waals surface area contributed by atoms with Crippen LogP contribution in [0.15, 0.2) is 28.7 Å². The number of alkyl halides is 3. The molecule has 2 N–H and O–H groups in total. The van der Waals surface area contributed by atoms with Gasteiger partial charge in [-0.15, -0.1) is 35.3 Å². The number of halogens is 4. The van der Waals surface area contributed by atoms with E-state index in [2.05, 4.69) is 44.2 Å². The molecular weight excluding hydrogens is 506 g/mol. The maximum absolute atomic E-state index is 12.2. The van der Waals surface area contributed by atoms with Crippen LogP contribution in [0.4, 0.5) is 13.2 Å². The summed E-state index contributed by atoms with van der Waals surface area (Å²) >= 11 is 1.58. The highest BCUT2D eigenvalue weighted by Crippen LogP contribution is 2.18. The predicted molar refractivity (Wildman–Crippen MR) is 114 cm³/mol. The third-order valence-corrected chi connectivity index (χ3v) is 4.30. The van der Waals surface area contributed by atoms with Gasteiger partial charge < -0.3 is 15.4 Å². The largest absolute Gasteiger partial charge is 0.468 e. The number of nitrogens with one attached hydrogen (secondary N) is 2. The summed E-state index contributed by atoms with van der Waals surface area (Å²) in [5.41, 5.74) is 1.78. The number of aliphatic imine (C=N–C) groups is 1. The summed E-state index contributed by atoms with van der Waals surface area (Å²) in [6, 6.07) is 3.15. The Balaban J connectivity index is 0.00000392. The third-order valence-electron chi connectivity index (χ3n) is 3.43. The maximum atomic E-state index is 12.2. The first-order chi connectivity index (χ1) is 12.8. The number of hydrogen-bond donors (Lipinski definition) is 2. The van der Waals surface area contributed by atoms with Gasteiger partial charge in [0.2, 0.25) is 5.88 Å². The summed E-state index contributed by atoms with van der Waals surface area (Å²) in [4.78, 5) is 12.4. The van der Waals surface area contributed by atoms with Crippen molar-refractivity contribution in [3.8, 4) is 5.88 Å². The molecule has 0 bridgehead atoms. The van der Waals surface area contributed by atoms with Crippen molar-refractivity contribution in [3.63, 3.8) is 0 Å². The van der Waals surface area contributed by atoms with Crippen LogP contribution in [0.3, 0.4) is 0 Å². The molecule has 0 saturated heterocycles. The van der Waals surface area contributed by atoms with Gasteiger partial charge in [0.1, 0.15) is 5.01 Å². The monoisotopic (exact) mass is 529 g/mol. The van der Waals surface area contributed by atoms with Crippen LogP contribution >= 0.6 is 35.3 Å². The first kappa shape index (κ1) is 24.4. The standard InChI is InChI=1S/C17H22F3N5OS.HI/c1-11(2)13-9-27-15(25-13)8-24-16(21-3)23-7-12-4-5-22-14(6-12)26-10-17(18,19)20;/h4-6,9,11H,7-8,10H2,1-3H3,(H2,21,23,24);1H. The summed E-state index contributed by atoms with van der Waals surface area (Å²) in [5, 5.41) is 9.25. The highest BCUT2D eigenvalue weighted by Gasteiger charge is 2.28. The highest BCUT2D eigenvalue weighted by molar-refractivity contribution is 14.0. The van der Waals surface area contributed by atoms with Gasteiger partial charge in [-0.25, -0.2) is 9.97 Å². The van der Waals surface area contributed by atoms with Crippen LogP contribution in [0.5, 0.6) is 5.88 Å². The lowest BCUT2D eigenvalue weighted by molar-refractivity contribution is -0.154. The Morgan fingerprint density at radius 1 is 1.29 bits per heavy atom. The van der Waals surface area contributed by atoms with E-state index in [0.717, 1.165) is 16.3 Å². The Bertz CT molecular complexity index is 767. The van der Waals surface area contributed by atoms with Gasteiger partial charge in [-0.05, 0) is 17.5 Å². The Morgan fingerprint density at radius 3 is 2.61 bits per heavy atom. The van der Waals surface area contributed by atoms with E-state index in [-0.39, 0.29) is 29.9 Å². The topological polar surface area (TPSA) is 71.4 Å². The molecule has 156 valence electrons. The zero-order valence-corrected chi connectivity index (χ0v) is 18.9. The number of pyridine rings is 1. The Hall–Kier alpha value is -1.63. The van der Waals surface area contributed by atoms with E-state index in [1.165, 1.54) is 12.3 Å². The van der Waals surface area contributed by atoms with Gasteiger partial charge in [0, 0.05) is 31.2 Å². The zero-order valence-electron chi connectivity index (χ0n) is 15.7. The summed E-state index contributed by atoms with van der Waals surface area (Å²) in [6.45, 7) is 3.71. The van der Waals surface area contributed by atoms with Crippen LogP contribution in [0.2, 0.25) is 0 Å². The van der Waals surface area contributed by atoms with E-state index in [9.17, 15) is 13.2 Å². The number of rotatable bonds is 7. The lowest BCUT2D eigenvalue weighted by Gasteiger charge is -2.12. The number of ether oxygens (including phenoxy) is 1. The molecule has 0 aliphatic rings. The molecule has 11 heteroatoms. The quantitative estimate of drug-likeness (QED) is 0.322. The van der Waals surface area contributed by atoms with E-state index in [0.29, 0.717) is 25.0 Å². The van der Waals surface area contributed by atoms with Gasteiger partial charge in [-0.3, -0.25) is 4.99 Å². The van der Waals surface area contributed by atoms with E-state index < -0.39 is 12.8 Å². The molecule has 6 nitrogen and oxygen atoms in total. The fraction of sp³-hybridized carbons (Fsp3) is 0.471. The second-order valence-corrected chi connectivity index (χ2v) is 6.95. The molecule has 0 spiro atoms. The van der Waals surface area contributed by atoms with Gasteiger partial charge in [0.25, 0.3) is 0 Å². The van der Waals surface area contributed by atoms with Crippen molar-refractivity contribution in [1.29, 1.82) is 0 Å². The van der Waals surface area contributed by atoms with Crippen molar-refractivity contribution in [3.05, 3.63) is 40.0 Å². The molecule has 0 aliphatic heterocycles. The molecule has 0 aromatic carbocycles. The number of thiazole rings is 1. The SMILES string of the molecule is CN=C(NCc1ccnc(OCC(F)(F)F)c1)NCc1nc(C(C)C)cs1.I. The summed E-state index contributed by atoms with van der Waals surface area (Å²) in [7, 11) is 1.64. The first-order valence-corrected chi connectivity index (χ1v) is 9.18. The average Bonchev–Trinajstić information content (AvgIpc) is 3.09. The minimum absolute atomic E-state index is 0. The summed E-state index contributed by atoms with van der Waals surface area (Å²) in [5.74, 6) is 0.873. The van der Waals surface area contributed by atoms with E-state index >= 15 is 0 Å². The normalized spacial score (nSPS) is 11.9. The number of aromatic nitrogens is 2. The number of guanidine groups is 1. The van der Waals surface area contributed by atoms with Gasteiger partial charge in [0.05, 0.1) is 12.2 Å². The fourth-order valence-corrected chi connectivity index (χ4v) is 2.93. The molecule has 0 radical (unpaired) electrons. The molecule has 2 aromatic rings. The number of nitrogens with zero attached hydrogens (tertiary/aromatic N) is 3. The van der Waals surface area contributed by atoms with Gasteiger partial charge in [0.15, 0.2) is 12.6 Å². The van der Waals surface area contributed by atoms with E-state index in [4.69, 9.17) is 0 Å². The van der Waals surface area contributed by atoms with Crippen LogP contribution < -0.4 is 15.4 Å². The summed E-state index contributed by atoms with van der Waals surface area (Å²) < 4.78 is 41.3. The molecule has 2 heterocycles. The van der Waals surface area contributed by atoms with Crippen molar-refractivity contribution < 1.29 is 17.9 Å². The van der Waals surface area contributed by atoms with Crippen LogP contribution in [0, 0.1) is 0 Å². The second-order valence-electron chi connectivity index (χ2n) is 6.01. The average molecular weight is 529 g/mol. The molecular formula is C17H23F3IN5OS. The van der Waals surface area contributed by atoms with Gasteiger partial charge in [-0.2, -0.15) is 13.2 Å². The molecule has 2 aromatic heterocycles. The molecule has 2 rings (SSSR count). The minimum Gasteiger partial charge on any atom is -0.468 e. The van der Waals surface area contributed by atoms with Crippen LogP contribution in [0.25, 0.3) is 0 Å². The van der Waals surface area contributed by atoms with Crippen molar-refractivity contribution in [2.75, 3.05) is 13.7 Å². The maximum Gasteiger partial charge on any atom is 0.422 e. The van der Waals surface area contributed by atoms with Crippen LogP contribution in [-0.4, -0.2) is 35.8 Å². The smallest absolute Gasteiger partial charge is 0.422 e. The lowest BCUT2D eigenvalue weighted by atomic mass is 10.2. The second kappa shape index (κ2) is 11.4. The van der Waals surface area contributed by atoms with Crippen molar-refractivity contribution in [1.82, 2.24) is 20.6 Å². The zero-order chi connectivity index (χ0) is 19.9. The van der Waals surface area contributed by atoms with Crippen molar-refractivity contribution >= 4 is 41.3 Å². The molecule has 0 amide bonds. The lowest BCUT2D eigenvalue weighted by Crippen LogP contribution is -2.36. The molecule has 0 atom stereocenters.